The van der Waals surface area contributed by atoms with E-state index in [4.69, 9.17) is 9.57 Å². The lowest BCUT2D eigenvalue weighted by atomic mass is 10.2. The van der Waals surface area contributed by atoms with Crippen molar-refractivity contribution in [3.8, 4) is 0 Å². The first kappa shape index (κ1) is 15.6. The van der Waals surface area contributed by atoms with E-state index in [0.717, 1.165) is 33.3 Å². The van der Waals surface area contributed by atoms with Gasteiger partial charge in [-0.05, 0) is 18.6 Å². The molecule has 0 spiro atoms. The molecule has 0 aliphatic rings. The highest BCUT2D eigenvalue weighted by atomic mass is 16.7. The van der Waals surface area contributed by atoms with Gasteiger partial charge in [0.25, 0.3) is 0 Å². The summed E-state index contributed by atoms with van der Waals surface area (Å²) in [5.74, 6) is 0.742. The molecule has 0 N–H and O–H groups in total. The van der Waals surface area contributed by atoms with Crippen molar-refractivity contribution < 1.29 is 9.57 Å². The molecule has 4 rings (SSSR count). The van der Waals surface area contributed by atoms with Crippen LogP contribution in [0.5, 0.6) is 0 Å². The highest BCUT2D eigenvalue weighted by molar-refractivity contribution is 6.02. The summed E-state index contributed by atoms with van der Waals surface area (Å²) in [6, 6.07) is 18.1. The average Bonchev–Trinajstić information content (AvgIpc) is 3.03. The summed E-state index contributed by atoms with van der Waals surface area (Å²) in [5.41, 5.74) is 3.75. The smallest absolute Gasteiger partial charge is 0.172 e. The number of pyridine rings is 1. The van der Waals surface area contributed by atoms with Crippen molar-refractivity contribution in [2.75, 3.05) is 6.61 Å². The summed E-state index contributed by atoms with van der Waals surface area (Å²) in [6.07, 6.45) is 1.79. The molecule has 5 nitrogen and oxygen atoms in total. The molecule has 2 heterocycles. The van der Waals surface area contributed by atoms with Crippen LogP contribution in [0.2, 0.25) is 0 Å². The number of para-hydroxylation sites is 1. The van der Waals surface area contributed by atoms with Crippen LogP contribution in [0, 0.1) is 0 Å². The first-order chi connectivity index (χ1) is 12.4. The van der Waals surface area contributed by atoms with Crippen LogP contribution in [0.1, 0.15) is 18.3 Å². The normalized spacial score (nSPS) is 11.2. The Kier molecular flexibility index (Phi) is 4.31. The summed E-state index contributed by atoms with van der Waals surface area (Å²) in [6.45, 7) is 3.45. The highest BCUT2D eigenvalue weighted by Gasteiger charge is 2.15. The van der Waals surface area contributed by atoms with E-state index in [2.05, 4.69) is 9.97 Å². The summed E-state index contributed by atoms with van der Waals surface area (Å²) in [5, 5.41) is 1.02. The van der Waals surface area contributed by atoms with Gasteiger partial charge in [0, 0.05) is 12.0 Å². The number of nitrogens with zero attached hydrogens (tertiary/aromatic N) is 3. The third kappa shape index (κ3) is 3.06. The van der Waals surface area contributed by atoms with Crippen molar-refractivity contribution in [3.05, 3.63) is 72.2 Å². The lowest BCUT2D eigenvalue weighted by molar-refractivity contribution is 0.0685. The molecule has 0 aliphatic heterocycles. The fraction of sp³-hybridized carbons (Fsp3) is 0.200. The Labute approximate surface area is 145 Å². The van der Waals surface area contributed by atoms with Crippen molar-refractivity contribution in [1.29, 1.82) is 0 Å². The van der Waals surface area contributed by atoms with Crippen molar-refractivity contribution in [1.82, 2.24) is 14.7 Å². The predicted octanol–water partition coefficient (Wildman–Crippen LogP) is 3.75. The zero-order valence-corrected chi connectivity index (χ0v) is 14.1. The first-order valence-electron chi connectivity index (χ1n) is 8.37. The number of imidazole rings is 1. The van der Waals surface area contributed by atoms with Crippen LogP contribution in [0.15, 0.2) is 60.8 Å². The second-order valence-corrected chi connectivity index (χ2v) is 5.73. The Bertz CT molecular complexity index is 996. The average molecular weight is 333 g/mol. The number of ether oxygens (including phenoxy) is 1. The molecule has 0 bridgehead atoms. The van der Waals surface area contributed by atoms with Gasteiger partial charge >= 0.3 is 0 Å². The highest BCUT2D eigenvalue weighted by Crippen LogP contribution is 2.24. The van der Waals surface area contributed by atoms with E-state index in [1.54, 1.807) is 10.9 Å². The minimum atomic E-state index is 0.397. The van der Waals surface area contributed by atoms with E-state index in [0.29, 0.717) is 19.8 Å². The van der Waals surface area contributed by atoms with Gasteiger partial charge in [0.05, 0.1) is 11.7 Å². The molecule has 0 saturated heterocycles. The van der Waals surface area contributed by atoms with Crippen LogP contribution < -0.4 is 4.84 Å². The molecular weight excluding hydrogens is 314 g/mol. The maximum atomic E-state index is 6.13. The Morgan fingerprint density at radius 3 is 2.56 bits per heavy atom. The third-order valence-electron chi connectivity index (χ3n) is 4.05. The molecule has 0 amide bonds. The van der Waals surface area contributed by atoms with Crippen molar-refractivity contribution >= 4 is 21.9 Å². The van der Waals surface area contributed by atoms with Gasteiger partial charge in [-0.15, -0.1) is 0 Å². The molecule has 5 heteroatoms. The Morgan fingerprint density at radius 2 is 1.72 bits per heavy atom. The van der Waals surface area contributed by atoms with Crippen LogP contribution >= 0.6 is 0 Å². The number of fused-ring (bicyclic) bond motifs is 3. The van der Waals surface area contributed by atoms with Crippen molar-refractivity contribution in [2.24, 2.45) is 0 Å². The zero-order chi connectivity index (χ0) is 17.1. The third-order valence-corrected chi connectivity index (χ3v) is 4.05. The molecular formula is C20H19N3O2. The van der Waals surface area contributed by atoms with Crippen molar-refractivity contribution in [2.45, 2.75) is 20.1 Å². The summed E-state index contributed by atoms with van der Waals surface area (Å²) < 4.78 is 7.36. The second kappa shape index (κ2) is 6.91. The van der Waals surface area contributed by atoms with Gasteiger partial charge in [-0.3, -0.25) is 4.98 Å². The van der Waals surface area contributed by atoms with Gasteiger partial charge in [0.2, 0.25) is 0 Å². The molecule has 2 aromatic heterocycles. The maximum absolute atomic E-state index is 6.13. The summed E-state index contributed by atoms with van der Waals surface area (Å²) in [7, 11) is 0. The summed E-state index contributed by atoms with van der Waals surface area (Å²) >= 11 is 0. The van der Waals surface area contributed by atoms with Gasteiger partial charge in [-0.25, -0.2) is 4.98 Å². The number of aromatic nitrogens is 3. The van der Waals surface area contributed by atoms with Crippen molar-refractivity contribution in [3.63, 3.8) is 0 Å². The minimum Gasteiger partial charge on any atom is -0.407 e. The van der Waals surface area contributed by atoms with Gasteiger partial charge in [-0.2, -0.15) is 4.73 Å². The standard InChI is InChI=1S/C20H19N3O2/c1-2-24-14-19-22-18-12-21-17-11-7-6-10-16(17)20(18)23(19)25-13-15-8-4-3-5-9-15/h3-12H,2,13-14H2,1H3. The fourth-order valence-electron chi connectivity index (χ4n) is 2.86. The Hall–Kier alpha value is -2.92. The molecule has 0 saturated carbocycles. The molecule has 0 aliphatic carbocycles. The Morgan fingerprint density at radius 1 is 0.920 bits per heavy atom. The van der Waals surface area contributed by atoms with Crippen LogP contribution in [0.25, 0.3) is 21.9 Å². The number of hydrogen-bond donors (Lipinski definition) is 0. The summed E-state index contributed by atoms with van der Waals surface area (Å²) in [4.78, 5) is 15.3. The lowest BCUT2D eigenvalue weighted by Gasteiger charge is -2.12. The van der Waals surface area contributed by atoms with Crippen LogP contribution in [-0.4, -0.2) is 21.3 Å². The van der Waals surface area contributed by atoms with Gasteiger partial charge in [0.15, 0.2) is 5.82 Å². The minimum absolute atomic E-state index is 0.397. The predicted molar refractivity (Wildman–Crippen MR) is 97.1 cm³/mol. The molecule has 126 valence electrons. The number of hydrogen-bond acceptors (Lipinski definition) is 4. The number of rotatable bonds is 6. The molecule has 0 radical (unpaired) electrons. The quantitative estimate of drug-likeness (QED) is 0.539. The molecule has 2 aromatic carbocycles. The number of benzene rings is 2. The lowest BCUT2D eigenvalue weighted by Crippen LogP contribution is -2.15. The van der Waals surface area contributed by atoms with E-state index in [-0.39, 0.29) is 0 Å². The molecule has 0 unspecified atom stereocenters. The van der Waals surface area contributed by atoms with Crippen LogP contribution in [0.4, 0.5) is 0 Å². The van der Waals surface area contributed by atoms with Crippen LogP contribution in [-0.2, 0) is 18.0 Å². The first-order valence-corrected chi connectivity index (χ1v) is 8.37. The van der Waals surface area contributed by atoms with E-state index >= 15 is 0 Å². The fourth-order valence-corrected chi connectivity index (χ4v) is 2.86. The second-order valence-electron chi connectivity index (χ2n) is 5.73. The van der Waals surface area contributed by atoms with Gasteiger partial charge in [0.1, 0.15) is 24.2 Å². The molecule has 0 fully saturated rings. The van der Waals surface area contributed by atoms with E-state index in [1.807, 2.05) is 61.5 Å². The molecule has 0 atom stereocenters. The van der Waals surface area contributed by atoms with E-state index in [9.17, 15) is 0 Å². The van der Waals surface area contributed by atoms with E-state index < -0.39 is 0 Å². The monoisotopic (exact) mass is 333 g/mol. The van der Waals surface area contributed by atoms with Gasteiger partial charge < -0.3 is 9.57 Å². The van der Waals surface area contributed by atoms with E-state index in [1.165, 1.54) is 0 Å². The zero-order valence-electron chi connectivity index (χ0n) is 14.1. The van der Waals surface area contributed by atoms with Gasteiger partial charge in [-0.1, -0.05) is 48.5 Å². The maximum Gasteiger partial charge on any atom is 0.172 e. The Balaban J connectivity index is 1.81. The van der Waals surface area contributed by atoms with Crippen LogP contribution in [0.3, 0.4) is 0 Å². The molecule has 4 aromatic rings. The SMILES string of the molecule is CCOCc1nc2cnc3ccccc3c2n1OCc1ccccc1. The largest absolute Gasteiger partial charge is 0.407 e. The molecule has 25 heavy (non-hydrogen) atoms. The topological polar surface area (TPSA) is 49.2 Å².